The Morgan fingerprint density at radius 1 is 1.35 bits per heavy atom. The Labute approximate surface area is 117 Å². The van der Waals surface area contributed by atoms with Gasteiger partial charge in [0.1, 0.15) is 5.39 Å². The second kappa shape index (κ2) is 5.70. The van der Waals surface area contributed by atoms with E-state index < -0.39 is 0 Å². The Bertz CT molecular complexity index is 642. The van der Waals surface area contributed by atoms with Crippen LogP contribution in [0.15, 0.2) is 11.0 Å². The second-order valence-corrected chi connectivity index (χ2v) is 5.95. The number of nitrogens with zero attached hydrogens (tertiary/aromatic N) is 5. The molecule has 110 valence electrons. The molecule has 2 N–H and O–H groups in total. The lowest BCUT2D eigenvalue weighted by Gasteiger charge is -2.21. The highest BCUT2D eigenvalue weighted by Gasteiger charge is 2.15. The summed E-state index contributed by atoms with van der Waals surface area (Å²) in [6.07, 6.45) is 4.49. The third-order valence-corrected chi connectivity index (χ3v) is 3.65. The zero-order valence-electron chi connectivity index (χ0n) is 12.3. The average molecular weight is 278 g/mol. The molecule has 2 aromatic rings. The molecule has 0 aliphatic rings. The molecule has 2 rings (SSSR count). The summed E-state index contributed by atoms with van der Waals surface area (Å²) in [7, 11) is 1.75. The number of hydrogen-bond donors (Lipinski definition) is 1. The van der Waals surface area contributed by atoms with Crippen LogP contribution in [0, 0.1) is 5.41 Å². The lowest BCUT2D eigenvalue weighted by atomic mass is 9.87. The third kappa shape index (κ3) is 3.04. The van der Waals surface area contributed by atoms with Crippen LogP contribution in [0.2, 0.25) is 0 Å². The van der Waals surface area contributed by atoms with Crippen LogP contribution in [-0.2, 0) is 13.6 Å². The van der Waals surface area contributed by atoms with Crippen LogP contribution in [0.25, 0.3) is 11.0 Å². The number of aromatic nitrogens is 5. The molecule has 0 saturated heterocycles. The van der Waals surface area contributed by atoms with Gasteiger partial charge in [0.15, 0.2) is 5.65 Å². The SMILES string of the molecule is Cn1ncc2c(=O)n(CCCCC(C)(C)CN)nnc21. The largest absolute Gasteiger partial charge is 0.330 e. The summed E-state index contributed by atoms with van der Waals surface area (Å²) in [4.78, 5) is 12.2. The van der Waals surface area contributed by atoms with E-state index in [4.69, 9.17) is 5.73 Å². The molecule has 0 saturated carbocycles. The Kier molecular flexibility index (Phi) is 4.17. The predicted octanol–water partition coefficient (Wildman–Crippen LogP) is 0.680. The van der Waals surface area contributed by atoms with Gasteiger partial charge >= 0.3 is 0 Å². The predicted molar refractivity (Wildman–Crippen MR) is 77.3 cm³/mol. The molecule has 0 aliphatic heterocycles. The summed E-state index contributed by atoms with van der Waals surface area (Å²) in [5.41, 5.74) is 6.26. The van der Waals surface area contributed by atoms with Crippen LogP contribution in [0.5, 0.6) is 0 Å². The van der Waals surface area contributed by atoms with E-state index in [9.17, 15) is 4.79 Å². The van der Waals surface area contributed by atoms with Crippen LogP contribution < -0.4 is 11.3 Å². The Morgan fingerprint density at radius 3 is 2.80 bits per heavy atom. The minimum Gasteiger partial charge on any atom is -0.330 e. The first-order valence-corrected chi connectivity index (χ1v) is 6.90. The average Bonchev–Trinajstić information content (AvgIpc) is 2.79. The van der Waals surface area contributed by atoms with Crippen molar-refractivity contribution in [3.05, 3.63) is 16.6 Å². The molecule has 0 bridgehead atoms. The maximum Gasteiger partial charge on any atom is 0.280 e. The Balaban J connectivity index is 2.01. The zero-order valence-corrected chi connectivity index (χ0v) is 12.3. The van der Waals surface area contributed by atoms with Crippen molar-refractivity contribution in [1.82, 2.24) is 24.8 Å². The quantitative estimate of drug-likeness (QED) is 0.784. The number of nitrogens with two attached hydrogens (primary N) is 1. The van der Waals surface area contributed by atoms with Gasteiger partial charge in [-0.15, -0.1) is 5.10 Å². The maximum atomic E-state index is 12.2. The summed E-state index contributed by atoms with van der Waals surface area (Å²) in [5, 5.41) is 12.5. The maximum absolute atomic E-state index is 12.2. The third-order valence-electron chi connectivity index (χ3n) is 3.65. The molecule has 2 aromatic heterocycles. The monoisotopic (exact) mass is 278 g/mol. The fourth-order valence-electron chi connectivity index (χ4n) is 2.09. The van der Waals surface area contributed by atoms with E-state index >= 15 is 0 Å². The van der Waals surface area contributed by atoms with Gasteiger partial charge in [0.25, 0.3) is 5.56 Å². The molecule has 7 nitrogen and oxygen atoms in total. The van der Waals surface area contributed by atoms with Crippen molar-refractivity contribution in [2.24, 2.45) is 18.2 Å². The first-order chi connectivity index (χ1) is 9.44. The fourth-order valence-corrected chi connectivity index (χ4v) is 2.09. The number of hydrogen-bond acceptors (Lipinski definition) is 5. The van der Waals surface area contributed by atoms with E-state index in [1.165, 1.54) is 4.68 Å². The minimum atomic E-state index is -0.124. The summed E-state index contributed by atoms with van der Waals surface area (Å²) in [6.45, 7) is 5.56. The van der Waals surface area contributed by atoms with Crippen LogP contribution in [-0.4, -0.2) is 31.3 Å². The molecule has 2 heterocycles. The molecule has 0 aromatic carbocycles. The van der Waals surface area contributed by atoms with E-state index in [1.54, 1.807) is 17.9 Å². The van der Waals surface area contributed by atoms with Crippen molar-refractivity contribution in [3.63, 3.8) is 0 Å². The Hall–Kier alpha value is -1.76. The standard InChI is InChI=1S/C13H22N6O/c1-13(2,9-14)6-4-5-7-19-12(20)10-8-15-18(3)11(10)16-17-19/h8H,4-7,9,14H2,1-3H3. The van der Waals surface area contributed by atoms with Crippen molar-refractivity contribution in [1.29, 1.82) is 0 Å². The van der Waals surface area contributed by atoms with Crippen LogP contribution in [0.4, 0.5) is 0 Å². The first kappa shape index (κ1) is 14.6. The van der Waals surface area contributed by atoms with Gasteiger partial charge in [-0.05, 0) is 24.8 Å². The van der Waals surface area contributed by atoms with E-state index in [1.807, 2.05) is 0 Å². The molecule has 0 spiro atoms. The molecule has 0 amide bonds. The van der Waals surface area contributed by atoms with Crippen LogP contribution >= 0.6 is 0 Å². The van der Waals surface area contributed by atoms with E-state index in [0.717, 1.165) is 19.3 Å². The fraction of sp³-hybridized carbons (Fsp3) is 0.692. The van der Waals surface area contributed by atoms with Gasteiger partial charge in [-0.1, -0.05) is 25.5 Å². The van der Waals surface area contributed by atoms with Crippen molar-refractivity contribution >= 4 is 11.0 Å². The van der Waals surface area contributed by atoms with Crippen molar-refractivity contribution in [2.45, 2.75) is 39.7 Å². The number of aryl methyl sites for hydroxylation is 2. The number of unbranched alkanes of at least 4 members (excludes halogenated alkanes) is 1. The highest BCUT2D eigenvalue weighted by molar-refractivity contribution is 5.72. The molecule has 0 aliphatic carbocycles. The normalized spacial score (nSPS) is 12.2. The molecular weight excluding hydrogens is 256 g/mol. The molecule has 0 radical (unpaired) electrons. The van der Waals surface area contributed by atoms with Gasteiger partial charge < -0.3 is 5.73 Å². The van der Waals surface area contributed by atoms with Crippen molar-refractivity contribution in [3.8, 4) is 0 Å². The molecule has 7 heteroatoms. The summed E-state index contributed by atoms with van der Waals surface area (Å²) >= 11 is 0. The van der Waals surface area contributed by atoms with Gasteiger partial charge in [0.05, 0.1) is 6.20 Å². The second-order valence-electron chi connectivity index (χ2n) is 5.95. The topological polar surface area (TPSA) is 91.6 Å². The van der Waals surface area contributed by atoms with Gasteiger partial charge in [0, 0.05) is 13.6 Å². The van der Waals surface area contributed by atoms with Crippen LogP contribution in [0.1, 0.15) is 33.1 Å². The van der Waals surface area contributed by atoms with Crippen LogP contribution in [0.3, 0.4) is 0 Å². The highest BCUT2D eigenvalue weighted by Crippen LogP contribution is 2.21. The lowest BCUT2D eigenvalue weighted by Crippen LogP contribution is -2.25. The smallest absolute Gasteiger partial charge is 0.280 e. The van der Waals surface area contributed by atoms with E-state index in [0.29, 0.717) is 24.1 Å². The summed E-state index contributed by atoms with van der Waals surface area (Å²) in [6, 6.07) is 0. The number of rotatable bonds is 6. The molecule has 0 unspecified atom stereocenters. The molecular formula is C13H22N6O. The van der Waals surface area contributed by atoms with Gasteiger partial charge in [-0.2, -0.15) is 5.10 Å². The van der Waals surface area contributed by atoms with Gasteiger partial charge in [0.2, 0.25) is 0 Å². The summed E-state index contributed by atoms with van der Waals surface area (Å²) in [5.74, 6) is 0. The van der Waals surface area contributed by atoms with Crippen molar-refractivity contribution in [2.75, 3.05) is 6.54 Å². The van der Waals surface area contributed by atoms with E-state index in [-0.39, 0.29) is 11.0 Å². The van der Waals surface area contributed by atoms with Gasteiger partial charge in [-0.3, -0.25) is 4.79 Å². The molecule has 20 heavy (non-hydrogen) atoms. The van der Waals surface area contributed by atoms with E-state index in [2.05, 4.69) is 29.3 Å². The zero-order chi connectivity index (χ0) is 14.8. The van der Waals surface area contributed by atoms with Crippen molar-refractivity contribution < 1.29 is 0 Å². The first-order valence-electron chi connectivity index (χ1n) is 6.90. The Morgan fingerprint density at radius 2 is 2.10 bits per heavy atom. The minimum absolute atomic E-state index is 0.124. The molecule has 0 atom stereocenters. The highest BCUT2D eigenvalue weighted by atomic mass is 16.1. The van der Waals surface area contributed by atoms with Gasteiger partial charge in [-0.25, -0.2) is 9.36 Å². The molecule has 0 fully saturated rings. The lowest BCUT2D eigenvalue weighted by molar-refractivity contribution is 0.326. The summed E-state index contributed by atoms with van der Waals surface area (Å²) < 4.78 is 2.97. The number of fused-ring (bicyclic) bond motifs is 1.